The molecule has 0 saturated carbocycles. The summed E-state index contributed by atoms with van der Waals surface area (Å²) >= 11 is 0. The molecule has 0 bridgehead atoms. The van der Waals surface area contributed by atoms with Crippen LogP contribution in [0.1, 0.15) is 0 Å². The number of rotatable bonds is 0. The van der Waals surface area contributed by atoms with Gasteiger partial charge in [-0.15, -0.1) is 0 Å². The van der Waals surface area contributed by atoms with Crippen molar-refractivity contribution in [3.63, 3.8) is 0 Å². The van der Waals surface area contributed by atoms with Crippen LogP contribution in [-0.4, -0.2) is 0 Å². The molecule has 5 heteroatoms. The second kappa shape index (κ2) is 28.7. The van der Waals surface area contributed by atoms with E-state index in [-0.39, 0.29) is 91.7 Å². The zero-order chi connectivity index (χ0) is 0. The summed E-state index contributed by atoms with van der Waals surface area (Å²) in [6.45, 7) is 0. The van der Waals surface area contributed by atoms with Crippen molar-refractivity contribution in [2.75, 3.05) is 0 Å². The Labute approximate surface area is 90.4 Å². The van der Waals surface area contributed by atoms with Crippen molar-refractivity contribution in [2.24, 2.45) is 0 Å². The molecule has 0 aliphatic carbocycles. The summed E-state index contributed by atoms with van der Waals surface area (Å²) in [6, 6.07) is 0. The Kier molecular flexibility index (Phi) is 259. The fraction of sp³-hybridized carbons (Fsp3) is 0. The summed E-state index contributed by atoms with van der Waals surface area (Å²) in [5, 5.41) is 0. The van der Waals surface area contributed by atoms with E-state index < -0.39 is 0 Å². The Morgan fingerprint density at radius 2 is 1.00 bits per heavy atom. The first-order chi connectivity index (χ1) is 0. The third-order valence-electron chi connectivity index (χ3n) is 0. The summed E-state index contributed by atoms with van der Waals surface area (Å²) in [5.41, 5.74) is 0. The second-order valence-electron chi connectivity index (χ2n) is 0. The molecule has 0 aromatic heterocycles. The van der Waals surface area contributed by atoms with Crippen LogP contribution < -0.4 is 0 Å². The van der Waals surface area contributed by atoms with E-state index in [1.54, 1.807) is 0 Å². The smallest absolute Gasteiger partial charge is 0 e. The van der Waals surface area contributed by atoms with Gasteiger partial charge in [-0.3, -0.25) is 0 Å². The maximum absolute atomic E-state index is 0. The van der Waals surface area contributed by atoms with Crippen LogP contribution in [0.2, 0.25) is 0 Å². The zero-order valence-electron chi connectivity index (χ0n) is 2.15. The van der Waals surface area contributed by atoms with Gasteiger partial charge in [0.2, 0.25) is 0 Å². The zero-order valence-corrected chi connectivity index (χ0v) is 10.3. The van der Waals surface area contributed by atoms with Crippen LogP contribution in [0.3, 0.4) is 0 Å². The summed E-state index contributed by atoms with van der Waals surface area (Å²) in [5.74, 6) is 0. The van der Waals surface area contributed by atoms with Crippen molar-refractivity contribution in [3.8, 4) is 0 Å². The molecule has 0 aliphatic rings. The predicted octanol–water partition coefficient (Wildman–Crippen LogP) is -0.0125. The van der Waals surface area contributed by atoms with Gasteiger partial charge in [0, 0.05) is 91.7 Å². The SMILES string of the molecule is [Cu].[Fe].[Mn].[Mo].[Zn]. The molecule has 5 heavy (non-hydrogen) atoms. The van der Waals surface area contributed by atoms with E-state index in [0.717, 1.165) is 0 Å². The van der Waals surface area contributed by atoms with Gasteiger partial charge in [-0.1, -0.05) is 0 Å². The summed E-state index contributed by atoms with van der Waals surface area (Å²) in [7, 11) is 0. The Morgan fingerprint density at radius 1 is 1.00 bits per heavy atom. The largest absolute Gasteiger partial charge is 0 e. The van der Waals surface area contributed by atoms with E-state index in [4.69, 9.17) is 0 Å². The van der Waals surface area contributed by atoms with Crippen LogP contribution in [-0.2, 0) is 91.7 Å². The molecule has 34 valence electrons. The van der Waals surface area contributed by atoms with Gasteiger partial charge in [0.1, 0.15) is 0 Å². The quantitative estimate of drug-likeness (QED) is 0.546. The van der Waals surface area contributed by atoms with E-state index in [0.29, 0.717) is 0 Å². The third-order valence-corrected chi connectivity index (χ3v) is 0. The summed E-state index contributed by atoms with van der Waals surface area (Å²) in [4.78, 5) is 0. The van der Waals surface area contributed by atoms with Crippen molar-refractivity contribution < 1.29 is 91.7 Å². The van der Waals surface area contributed by atoms with E-state index in [9.17, 15) is 0 Å². The number of hydrogen-bond donors (Lipinski definition) is 0. The first-order valence-corrected chi connectivity index (χ1v) is 0. The molecule has 0 nitrogen and oxygen atoms in total. The van der Waals surface area contributed by atoms with Crippen LogP contribution in [0.4, 0.5) is 0 Å². The third kappa shape index (κ3) is 19.8. The maximum atomic E-state index is 0. The van der Waals surface area contributed by atoms with Gasteiger partial charge >= 0.3 is 0 Å². The summed E-state index contributed by atoms with van der Waals surface area (Å²) in [6.07, 6.45) is 0. The van der Waals surface area contributed by atoms with Crippen molar-refractivity contribution in [2.45, 2.75) is 0 Å². The molecule has 0 aromatic rings. The molecule has 0 spiro atoms. The Bertz CT molecular complexity index is 11.6. The predicted molar refractivity (Wildman–Crippen MR) is 0 cm³/mol. The first kappa shape index (κ1) is 45.1. The maximum Gasteiger partial charge on any atom is 0 e. The minimum Gasteiger partial charge on any atom is 0 e. The molecule has 0 N–H and O–H groups in total. The van der Waals surface area contributed by atoms with Crippen LogP contribution in [0.25, 0.3) is 0 Å². The molecule has 0 atom stereocenters. The molecule has 0 fully saturated rings. The monoisotopic (exact) mass is 336 g/mol. The molecule has 0 heterocycles. The van der Waals surface area contributed by atoms with Crippen molar-refractivity contribution in [1.29, 1.82) is 0 Å². The molecule has 0 rings (SSSR count). The van der Waals surface area contributed by atoms with Crippen molar-refractivity contribution >= 4 is 0 Å². The van der Waals surface area contributed by atoms with Crippen LogP contribution >= 0.6 is 0 Å². The minimum absolute atomic E-state index is 0. The van der Waals surface area contributed by atoms with E-state index >= 15 is 0 Å². The average Bonchev–Trinajstić information content (AvgIpc) is 0. The van der Waals surface area contributed by atoms with Gasteiger partial charge in [-0.25, -0.2) is 0 Å². The molecule has 0 unspecified atom stereocenters. The molecule has 0 saturated heterocycles. The molecule has 0 aromatic carbocycles. The Hall–Kier alpha value is 2.87. The van der Waals surface area contributed by atoms with Crippen LogP contribution in [0, 0.1) is 0 Å². The summed E-state index contributed by atoms with van der Waals surface area (Å²) < 4.78 is 0. The van der Waals surface area contributed by atoms with Crippen LogP contribution in [0.5, 0.6) is 0 Å². The molecular weight excluding hydrogens is 336 g/mol. The van der Waals surface area contributed by atoms with Gasteiger partial charge in [-0.2, -0.15) is 0 Å². The van der Waals surface area contributed by atoms with E-state index in [1.165, 1.54) is 0 Å². The second-order valence-corrected chi connectivity index (χ2v) is 0. The Balaban J connectivity index is 0. The van der Waals surface area contributed by atoms with Crippen molar-refractivity contribution in [3.05, 3.63) is 0 Å². The fourth-order valence-electron chi connectivity index (χ4n) is 0. The van der Waals surface area contributed by atoms with E-state index in [1.807, 2.05) is 0 Å². The van der Waals surface area contributed by atoms with Gasteiger partial charge in [0.05, 0.1) is 0 Å². The molecule has 0 amide bonds. The molecule has 0 aliphatic heterocycles. The van der Waals surface area contributed by atoms with Gasteiger partial charge in [0.25, 0.3) is 0 Å². The minimum atomic E-state index is 0. The number of hydrogen-bond acceptors (Lipinski definition) is 0. The first-order valence-electron chi connectivity index (χ1n) is 0. The Morgan fingerprint density at radius 3 is 1.00 bits per heavy atom. The van der Waals surface area contributed by atoms with E-state index in [2.05, 4.69) is 0 Å². The van der Waals surface area contributed by atoms with Crippen LogP contribution in [0.15, 0.2) is 0 Å². The van der Waals surface area contributed by atoms with Crippen molar-refractivity contribution in [1.82, 2.24) is 0 Å². The van der Waals surface area contributed by atoms with Gasteiger partial charge < -0.3 is 0 Å². The fourth-order valence-corrected chi connectivity index (χ4v) is 0. The van der Waals surface area contributed by atoms with Gasteiger partial charge in [0.15, 0.2) is 0 Å². The van der Waals surface area contributed by atoms with Gasteiger partial charge in [-0.05, 0) is 0 Å². The topological polar surface area (TPSA) is 0 Å². The molecule has 2 radical (unpaired) electrons. The standard InChI is InChI=1S/Cu.Fe.Mn.Mo.Zn. The normalized spacial score (nSPS) is 0. The average molecular weight is 336 g/mol. The molecular formula is CuFeMnMoZn.